The van der Waals surface area contributed by atoms with Crippen LogP contribution < -0.4 is 10.6 Å². The van der Waals surface area contributed by atoms with Gasteiger partial charge in [-0.25, -0.2) is 4.98 Å². The number of nitrogens with zero attached hydrogens (tertiary/aromatic N) is 3. The molecule has 1 aromatic rings. The van der Waals surface area contributed by atoms with E-state index in [1.807, 2.05) is 0 Å². The van der Waals surface area contributed by atoms with E-state index >= 15 is 0 Å². The fraction of sp³-hybridized carbons (Fsp3) is 0.632. The Kier molecular flexibility index (Phi) is 3.15. The topological polar surface area (TPSA) is 45.4 Å². The van der Waals surface area contributed by atoms with Gasteiger partial charge in [-0.3, -0.25) is 4.90 Å². The fourth-order valence-corrected chi connectivity index (χ4v) is 4.27. The van der Waals surface area contributed by atoms with Crippen LogP contribution in [0.3, 0.4) is 0 Å². The molecule has 0 spiro atoms. The summed E-state index contributed by atoms with van der Waals surface area (Å²) in [6, 6.07) is 4.33. The average molecular weight is 310 g/mol. The molecule has 2 aliphatic heterocycles. The van der Waals surface area contributed by atoms with Crippen LogP contribution in [0.2, 0.25) is 0 Å². The molecule has 122 valence electrons. The Balaban J connectivity index is 1.33. The van der Waals surface area contributed by atoms with Crippen molar-refractivity contribution in [3.63, 3.8) is 0 Å². The summed E-state index contributed by atoms with van der Waals surface area (Å²) in [6.07, 6.45) is 7.85. The number of pyridine rings is 1. The Labute approximate surface area is 138 Å². The number of hydrogen-bond acceptors (Lipinski definition) is 4. The molecule has 0 amide bonds. The van der Waals surface area contributed by atoms with Gasteiger partial charge in [0, 0.05) is 32.7 Å². The van der Waals surface area contributed by atoms with E-state index in [1.165, 1.54) is 56.6 Å². The van der Waals surface area contributed by atoms with Crippen LogP contribution >= 0.6 is 0 Å². The summed E-state index contributed by atoms with van der Waals surface area (Å²) in [6.45, 7) is 5.93. The molecule has 5 rings (SSSR count). The van der Waals surface area contributed by atoms with Gasteiger partial charge < -0.3 is 10.6 Å². The lowest BCUT2D eigenvalue weighted by Crippen LogP contribution is -2.30. The van der Waals surface area contributed by atoms with Gasteiger partial charge in [0.2, 0.25) is 0 Å². The van der Waals surface area contributed by atoms with Crippen molar-refractivity contribution < 1.29 is 0 Å². The minimum absolute atomic E-state index is 0.666. The van der Waals surface area contributed by atoms with E-state index in [4.69, 9.17) is 5.73 Å². The molecule has 23 heavy (non-hydrogen) atoms. The van der Waals surface area contributed by atoms with Crippen molar-refractivity contribution >= 4 is 17.2 Å². The first-order valence-corrected chi connectivity index (χ1v) is 9.19. The van der Waals surface area contributed by atoms with Crippen LogP contribution in [0.4, 0.5) is 11.6 Å². The van der Waals surface area contributed by atoms with E-state index in [2.05, 4.69) is 33.0 Å². The predicted molar refractivity (Wildman–Crippen MR) is 94.2 cm³/mol. The molecule has 1 aromatic heterocycles. The van der Waals surface area contributed by atoms with E-state index in [-0.39, 0.29) is 0 Å². The smallest absolute Gasteiger partial charge is 0.131 e. The van der Waals surface area contributed by atoms with Crippen molar-refractivity contribution in [2.45, 2.75) is 25.7 Å². The molecule has 0 aromatic carbocycles. The van der Waals surface area contributed by atoms with E-state index < -0.39 is 0 Å². The van der Waals surface area contributed by atoms with Crippen LogP contribution in [0, 0.1) is 17.8 Å². The average Bonchev–Trinajstić information content (AvgIpc) is 3.48. The van der Waals surface area contributed by atoms with Gasteiger partial charge in [-0.05, 0) is 66.7 Å². The third-order valence-corrected chi connectivity index (χ3v) is 6.01. The van der Waals surface area contributed by atoms with E-state index in [1.54, 1.807) is 0 Å². The largest absolute Gasteiger partial charge is 0.384 e. The molecule has 2 unspecified atom stereocenters. The Hall–Kier alpha value is -1.55. The second-order valence-electron chi connectivity index (χ2n) is 7.98. The summed E-state index contributed by atoms with van der Waals surface area (Å²) in [5.74, 6) is 4.58. The summed E-state index contributed by atoms with van der Waals surface area (Å²) in [5.41, 5.74) is 8.85. The molecule has 0 bridgehead atoms. The maximum atomic E-state index is 6.11. The molecule has 2 aliphatic carbocycles. The zero-order chi connectivity index (χ0) is 15.4. The lowest BCUT2D eigenvalue weighted by atomic mass is 9.99. The second kappa shape index (κ2) is 5.23. The summed E-state index contributed by atoms with van der Waals surface area (Å²) in [4.78, 5) is 9.62. The van der Waals surface area contributed by atoms with Crippen LogP contribution in [0.25, 0.3) is 5.57 Å². The molecular formula is C19H26N4. The zero-order valence-corrected chi connectivity index (χ0v) is 13.7. The lowest BCUT2D eigenvalue weighted by Gasteiger charge is -2.27. The Bertz CT molecular complexity index is 639. The Morgan fingerprint density at radius 2 is 2.00 bits per heavy atom. The molecule has 2 atom stereocenters. The second-order valence-corrected chi connectivity index (χ2v) is 7.98. The molecule has 2 N–H and O–H groups in total. The van der Waals surface area contributed by atoms with Crippen molar-refractivity contribution in [1.82, 2.24) is 9.88 Å². The first-order chi connectivity index (χ1) is 11.2. The number of nitrogen functional groups attached to an aromatic ring is 1. The van der Waals surface area contributed by atoms with Crippen molar-refractivity contribution in [3.05, 3.63) is 23.8 Å². The number of hydrogen-bond donors (Lipinski definition) is 1. The summed E-state index contributed by atoms with van der Waals surface area (Å²) in [5, 5.41) is 0. The van der Waals surface area contributed by atoms with Crippen molar-refractivity contribution in [1.29, 1.82) is 0 Å². The van der Waals surface area contributed by atoms with Gasteiger partial charge in [0.05, 0.1) is 0 Å². The van der Waals surface area contributed by atoms with E-state index in [0.29, 0.717) is 5.82 Å². The van der Waals surface area contributed by atoms with Crippen molar-refractivity contribution in [3.8, 4) is 0 Å². The molecule has 3 fully saturated rings. The number of anilines is 2. The molecule has 4 heteroatoms. The monoisotopic (exact) mass is 310 g/mol. The quantitative estimate of drug-likeness (QED) is 0.928. The molecule has 4 aliphatic rings. The van der Waals surface area contributed by atoms with Crippen LogP contribution in [0.15, 0.2) is 18.2 Å². The van der Waals surface area contributed by atoms with Crippen LogP contribution in [0.1, 0.15) is 31.2 Å². The summed E-state index contributed by atoms with van der Waals surface area (Å²) >= 11 is 0. The zero-order valence-electron chi connectivity index (χ0n) is 13.7. The normalized spacial score (nSPS) is 30.3. The highest BCUT2D eigenvalue weighted by atomic mass is 15.2. The Morgan fingerprint density at radius 3 is 2.70 bits per heavy atom. The minimum Gasteiger partial charge on any atom is -0.384 e. The number of aromatic nitrogens is 1. The summed E-state index contributed by atoms with van der Waals surface area (Å²) < 4.78 is 0. The van der Waals surface area contributed by atoms with Gasteiger partial charge in [-0.2, -0.15) is 0 Å². The third kappa shape index (κ3) is 2.85. The number of nitrogens with two attached hydrogens (primary N) is 1. The lowest BCUT2D eigenvalue weighted by molar-refractivity contribution is 0.289. The maximum absolute atomic E-state index is 6.11. The first-order valence-electron chi connectivity index (χ1n) is 9.19. The van der Waals surface area contributed by atoms with Gasteiger partial charge in [0.25, 0.3) is 0 Å². The van der Waals surface area contributed by atoms with Gasteiger partial charge in [0.15, 0.2) is 0 Å². The van der Waals surface area contributed by atoms with Crippen LogP contribution in [-0.4, -0.2) is 42.6 Å². The fourth-order valence-electron chi connectivity index (χ4n) is 4.27. The molecule has 0 radical (unpaired) electrons. The first kappa shape index (κ1) is 13.8. The molecule has 2 saturated carbocycles. The Morgan fingerprint density at radius 1 is 1.17 bits per heavy atom. The number of fused-ring (bicyclic) bond motifs is 1. The highest BCUT2D eigenvalue weighted by molar-refractivity contribution is 5.71. The predicted octanol–water partition coefficient (Wildman–Crippen LogP) is 2.62. The minimum atomic E-state index is 0.666. The SMILES string of the molecule is Nc1cc(C2=CCN(CC3CC3)CC2)cc(N2CC3CC3C2)n1. The van der Waals surface area contributed by atoms with Crippen molar-refractivity contribution in [2.24, 2.45) is 17.8 Å². The number of rotatable bonds is 4. The summed E-state index contributed by atoms with van der Waals surface area (Å²) in [7, 11) is 0. The van der Waals surface area contributed by atoms with Crippen LogP contribution in [-0.2, 0) is 0 Å². The molecular weight excluding hydrogens is 284 g/mol. The van der Waals surface area contributed by atoms with Gasteiger partial charge in [-0.1, -0.05) is 6.08 Å². The highest BCUT2D eigenvalue weighted by Gasteiger charge is 2.45. The van der Waals surface area contributed by atoms with Gasteiger partial charge in [-0.15, -0.1) is 0 Å². The maximum Gasteiger partial charge on any atom is 0.131 e. The molecule has 1 saturated heterocycles. The third-order valence-electron chi connectivity index (χ3n) is 6.01. The molecule has 4 nitrogen and oxygen atoms in total. The van der Waals surface area contributed by atoms with Gasteiger partial charge in [0.1, 0.15) is 11.6 Å². The highest BCUT2D eigenvalue weighted by Crippen LogP contribution is 2.46. The standard InChI is InChI=1S/C19H26N4/c20-18-8-15(9-19(21-18)23-11-16-7-17(16)12-23)14-3-5-22(6-4-14)10-13-1-2-13/h3,8-9,13,16-17H,1-2,4-7,10-12H2,(H2,20,21). The molecule has 3 heterocycles. The van der Waals surface area contributed by atoms with E-state index in [9.17, 15) is 0 Å². The van der Waals surface area contributed by atoms with E-state index in [0.717, 1.165) is 36.5 Å². The van der Waals surface area contributed by atoms with Crippen LogP contribution in [0.5, 0.6) is 0 Å². The van der Waals surface area contributed by atoms with Gasteiger partial charge >= 0.3 is 0 Å². The number of piperidine rings is 1. The van der Waals surface area contributed by atoms with Crippen molar-refractivity contribution in [2.75, 3.05) is 43.4 Å².